The molecule has 2 aromatic heterocycles. The fourth-order valence-corrected chi connectivity index (χ4v) is 4.81. The fraction of sp³-hybridized carbons (Fsp3) is 0.429. The Morgan fingerprint density at radius 2 is 2.25 bits per heavy atom. The number of nitrogens with one attached hydrogen (secondary N) is 1. The van der Waals surface area contributed by atoms with Crippen LogP contribution in [-0.4, -0.2) is 75.2 Å². The van der Waals surface area contributed by atoms with Crippen molar-refractivity contribution in [2.45, 2.75) is 18.9 Å². The van der Waals surface area contributed by atoms with E-state index in [0.717, 1.165) is 12.8 Å². The number of carbonyl (C=O) groups is 1. The maximum absolute atomic E-state index is 13.2. The number of hydrogen-bond donors (Lipinski definition) is 2. The van der Waals surface area contributed by atoms with Crippen molar-refractivity contribution in [2.75, 3.05) is 44.8 Å². The van der Waals surface area contributed by atoms with Gasteiger partial charge in [0.1, 0.15) is 15.8 Å². The Kier molecular flexibility index (Phi) is 7.53. The highest BCUT2D eigenvalue weighted by molar-refractivity contribution is 8.26. The van der Waals surface area contributed by atoms with E-state index in [9.17, 15) is 9.59 Å². The minimum Gasteiger partial charge on any atom is -0.394 e. The Balaban J connectivity index is 1.63. The number of ether oxygens (including phenoxy) is 2. The van der Waals surface area contributed by atoms with E-state index in [4.69, 9.17) is 26.8 Å². The molecule has 2 aliphatic heterocycles. The lowest BCUT2D eigenvalue weighted by atomic mass is 10.2. The molecule has 1 unspecified atom stereocenters. The van der Waals surface area contributed by atoms with Gasteiger partial charge >= 0.3 is 0 Å². The predicted molar refractivity (Wildman–Crippen MR) is 127 cm³/mol. The van der Waals surface area contributed by atoms with Crippen molar-refractivity contribution in [1.29, 1.82) is 0 Å². The summed E-state index contributed by atoms with van der Waals surface area (Å²) in [4.78, 5) is 32.7. The third-order valence-corrected chi connectivity index (χ3v) is 6.48. The van der Waals surface area contributed by atoms with Gasteiger partial charge in [-0.25, -0.2) is 4.98 Å². The zero-order valence-corrected chi connectivity index (χ0v) is 19.0. The molecule has 0 aromatic carbocycles. The number of anilines is 1. The standard InChI is InChI=1S/C21H24N4O5S2/c26-8-11-29-10-6-22-18-15(19(27)24-7-2-1-5-17(24)23-18)12-16-20(28)25(21(31)32-16)13-14-4-3-9-30-14/h1-2,5,7,12,14,22,26H,3-4,6,8-11,13H2/b16-12+. The number of fused-ring (bicyclic) bond motifs is 1. The highest BCUT2D eigenvalue weighted by atomic mass is 32.2. The molecule has 0 aliphatic carbocycles. The molecule has 11 heteroatoms. The summed E-state index contributed by atoms with van der Waals surface area (Å²) < 4.78 is 12.8. The summed E-state index contributed by atoms with van der Waals surface area (Å²) in [5.41, 5.74) is 0.464. The maximum atomic E-state index is 13.2. The smallest absolute Gasteiger partial charge is 0.267 e. The molecule has 2 aliphatic rings. The largest absolute Gasteiger partial charge is 0.394 e. The highest BCUT2D eigenvalue weighted by Gasteiger charge is 2.35. The molecule has 4 heterocycles. The molecular formula is C21H24N4O5S2. The number of aromatic nitrogens is 2. The van der Waals surface area contributed by atoms with Gasteiger partial charge in [-0.15, -0.1) is 0 Å². The summed E-state index contributed by atoms with van der Waals surface area (Å²) >= 11 is 6.59. The monoisotopic (exact) mass is 476 g/mol. The van der Waals surface area contributed by atoms with Gasteiger partial charge < -0.3 is 19.9 Å². The number of amides is 1. The molecule has 9 nitrogen and oxygen atoms in total. The van der Waals surface area contributed by atoms with E-state index in [0.29, 0.717) is 47.0 Å². The normalized spacial score (nSPS) is 20.1. The lowest BCUT2D eigenvalue weighted by molar-refractivity contribution is -0.123. The Labute approximate surface area is 194 Å². The van der Waals surface area contributed by atoms with Crippen molar-refractivity contribution in [2.24, 2.45) is 0 Å². The summed E-state index contributed by atoms with van der Waals surface area (Å²) in [6.45, 7) is 2.01. The lowest BCUT2D eigenvalue weighted by Gasteiger charge is -2.18. The summed E-state index contributed by atoms with van der Waals surface area (Å²) in [5.74, 6) is 0.128. The van der Waals surface area contributed by atoms with E-state index in [2.05, 4.69) is 10.3 Å². The molecule has 2 saturated heterocycles. The second-order valence-electron chi connectivity index (χ2n) is 7.30. The van der Waals surface area contributed by atoms with Crippen molar-refractivity contribution in [1.82, 2.24) is 14.3 Å². The number of nitrogens with zero attached hydrogens (tertiary/aromatic N) is 3. The number of hydrogen-bond acceptors (Lipinski definition) is 9. The van der Waals surface area contributed by atoms with Crippen LogP contribution in [0.25, 0.3) is 11.7 Å². The number of carbonyl (C=O) groups excluding carboxylic acids is 1. The van der Waals surface area contributed by atoms with Gasteiger partial charge in [-0.2, -0.15) is 0 Å². The molecule has 1 atom stereocenters. The molecule has 0 radical (unpaired) electrons. The van der Waals surface area contributed by atoms with E-state index in [1.54, 1.807) is 35.4 Å². The summed E-state index contributed by atoms with van der Waals surface area (Å²) in [5, 5.41) is 11.9. The van der Waals surface area contributed by atoms with Crippen LogP contribution >= 0.6 is 24.0 Å². The summed E-state index contributed by atoms with van der Waals surface area (Å²) in [7, 11) is 0. The maximum Gasteiger partial charge on any atom is 0.267 e. The first kappa shape index (κ1) is 22.9. The van der Waals surface area contributed by atoms with Gasteiger partial charge in [0.2, 0.25) is 0 Å². The van der Waals surface area contributed by atoms with Crippen LogP contribution in [0.3, 0.4) is 0 Å². The fourth-order valence-electron chi connectivity index (χ4n) is 3.56. The Hall–Kier alpha value is -2.31. The second-order valence-corrected chi connectivity index (χ2v) is 8.97. The predicted octanol–water partition coefficient (Wildman–Crippen LogP) is 1.50. The third kappa shape index (κ3) is 5.02. The minimum absolute atomic E-state index is 0.0130. The molecule has 32 heavy (non-hydrogen) atoms. The summed E-state index contributed by atoms with van der Waals surface area (Å²) in [6.07, 6.45) is 5.06. The third-order valence-electron chi connectivity index (χ3n) is 5.10. The van der Waals surface area contributed by atoms with Gasteiger partial charge in [0.25, 0.3) is 11.5 Å². The molecule has 0 bridgehead atoms. The minimum atomic E-state index is -0.293. The number of aliphatic hydroxyl groups is 1. The molecule has 170 valence electrons. The van der Waals surface area contributed by atoms with E-state index in [1.807, 2.05) is 0 Å². The van der Waals surface area contributed by atoms with Crippen LogP contribution in [0.15, 0.2) is 34.1 Å². The number of thioether (sulfide) groups is 1. The Morgan fingerprint density at radius 1 is 1.38 bits per heavy atom. The molecule has 4 rings (SSSR count). The molecule has 2 fully saturated rings. The van der Waals surface area contributed by atoms with Gasteiger partial charge in [-0.3, -0.25) is 18.9 Å². The number of pyridine rings is 1. The van der Waals surface area contributed by atoms with Crippen LogP contribution in [-0.2, 0) is 14.3 Å². The first-order valence-electron chi connectivity index (χ1n) is 10.4. The summed E-state index contributed by atoms with van der Waals surface area (Å²) in [6, 6.07) is 5.28. The first-order chi connectivity index (χ1) is 15.6. The van der Waals surface area contributed by atoms with Crippen molar-refractivity contribution in [3.63, 3.8) is 0 Å². The van der Waals surface area contributed by atoms with Crippen molar-refractivity contribution < 1.29 is 19.4 Å². The molecule has 0 saturated carbocycles. The molecule has 0 spiro atoms. The van der Waals surface area contributed by atoms with Crippen LogP contribution < -0.4 is 10.9 Å². The number of rotatable bonds is 9. The quantitative estimate of drug-likeness (QED) is 0.316. The van der Waals surface area contributed by atoms with Crippen LogP contribution in [0.4, 0.5) is 5.82 Å². The molecule has 2 N–H and O–H groups in total. The molecular weight excluding hydrogens is 452 g/mol. The van der Waals surface area contributed by atoms with Crippen LogP contribution in [0.5, 0.6) is 0 Å². The number of aliphatic hydroxyl groups excluding tert-OH is 1. The van der Waals surface area contributed by atoms with Gasteiger partial charge in [-0.1, -0.05) is 30.0 Å². The second kappa shape index (κ2) is 10.5. The topological polar surface area (TPSA) is 105 Å². The SMILES string of the molecule is O=C1/C(=C\c2c(NCCOCCO)nc3ccccn3c2=O)SC(=S)N1CC1CCCO1. The molecule has 1 amide bonds. The van der Waals surface area contributed by atoms with E-state index >= 15 is 0 Å². The van der Waals surface area contributed by atoms with E-state index in [1.165, 1.54) is 16.2 Å². The van der Waals surface area contributed by atoms with Gasteiger partial charge in [0, 0.05) is 19.3 Å². The van der Waals surface area contributed by atoms with E-state index < -0.39 is 0 Å². The van der Waals surface area contributed by atoms with Crippen molar-refractivity contribution in [3.05, 3.63) is 45.2 Å². The Bertz CT molecular complexity index is 1100. The van der Waals surface area contributed by atoms with Crippen molar-refractivity contribution in [3.8, 4) is 0 Å². The number of thiocarbonyl (C=S) groups is 1. The van der Waals surface area contributed by atoms with Crippen LogP contribution in [0.2, 0.25) is 0 Å². The highest BCUT2D eigenvalue weighted by Crippen LogP contribution is 2.34. The average molecular weight is 477 g/mol. The van der Waals surface area contributed by atoms with Crippen molar-refractivity contribution >= 4 is 51.7 Å². The lowest BCUT2D eigenvalue weighted by Crippen LogP contribution is -2.35. The first-order valence-corrected chi connectivity index (χ1v) is 11.6. The van der Waals surface area contributed by atoms with Gasteiger partial charge in [0.15, 0.2) is 0 Å². The molecule has 2 aromatic rings. The van der Waals surface area contributed by atoms with Crippen LogP contribution in [0.1, 0.15) is 18.4 Å². The zero-order valence-electron chi connectivity index (χ0n) is 17.4. The average Bonchev–Trinajstić information content (AvgIpc) is 3.40. The van der Waals surface area contributed by atoms with Gasteiger partial charge in [0.05, 0.1) is 42.9 Å². The Morgan fingerprint density at radius 3 is 3.03 bits per heavy atom. The van der Waals surface area contributed by atoms with Crippen LogP contribution in [0, 0.1) is 0 Å². The van der Waals surface area contributed by atoms with Gasteiger partial charge in [-0.05, 0) is 31.1 Å². The zero-order chi connectivity index (χ0) is 22.5. The van der Waals surface area contributed by atoms with E-state index in [-0.39, 0.29) is 36.3 Å².